The fraction of sp³-hybridized carbons (Fsp3) is 0.385. The lowest BCUT2D eigenvalue weighted by Gasteiger charge is -2.15. The maximum absolute atomic E-state index is 13.0. The molecule has 1 rings (SSSR count). The Labute approximate surface area is 119 Å². The second kappa shape index (κ2) is 7.07. The maximum Gasteiger partial charge on any atom is 0.418 e. The SMILES string of the molecule is CC(=O)Nc1ccc(NC(=O)CCCN)c(C(F)(F)F)c1. The van der Waals surface area contributed by atoms with E-state index in [0.29, 0.717) is 6.42 Å². The van der Waals surface area contributed by atoms with Gasteiger partial charge in [0.05, 0.1) is 11.3 Å². The molecule has 0 saturated heterocycles. The fourth-order valence-electron chi connectivity index (χ4n) is 1.64. The van der Waals surface area contributed by atoms with E-state index in [4.69, 9.17) is 5.73 Å². The van der Waals surface area contributed by atoms with Crippen LogP contribution in [0.3, 0.4) is 0 Å². The van der Waals surface area contributed by atoms with E-state index in [2.05, 4.69) is 10.6 Å². The third kappa shape index (κ3) is 5.42. The lowest BCUT2D eigenvalue weighted by molar-refractivity contribution is -0.137. The van der Waals surface area contributed by atoms with Gasteiger partial charge in [-0.15, -0.1) is 0 Å². The summed E-state index contributed by atoms with van der Waals surface area (Å²) in [7, 11) is 0. The molecule has 0 unspecified atom stereocenters. The van der Waals surface area contributed by atoms with Gasteiger partial charge >= 0.3 is 6.18 Å². The molecule has 0 bridgehead atoms. The van der Waals surface area contributed by atoms with Crippen LogP contribution in [0.4, 0.5) is 24.5 Å². The number of carbonyl (C=O) groups excluding carboxylic acids is 2. The minimum absolute atomic E-state index is 0.00906. The number of hydrogen-bond acceptors (Lipinski definition) is 3. The van der Waals surface area contributed by atoms with Crippen LogP contribution >= 0.6 is 0 Å². The van der Waals surface area contributed by atoms with Crippen LogP contribution in [-0.2, 0) is 15.8 Å². The van der Waals surface area contributed by atoms with Crippen LogP contribution in [0.15, 0.2) is 18.2 Å². The number of hydrogen-bond donors (Lipinski definition) is 3. The number of nitrogens with two attached hydrogens (primary N) is 1. The van der Waals surface area contributed by atoms with Gasteiger partial charge < -0.3 is 16.4 Å². The predicted octanol–water partition coefficient (Wildman–Crippen LogP) is 2.34. The Morgan fingerprint density at radius 3 is 2.43 bits per heavy atom. The van der Waals surface area contributed by atoms with Crippen molar-refractivity contribution in [3.05, 3.63) is 23.8 Å². The molecule has 0 aliphatic carbocycles. The second-order valence-electron chi connectivity index (χ2n) is 4.38. The molecule has 0 atom stereocenters. The lowest BCUT2D eigenvalue weighted by atomic mass is 10.1. The van der Waals surface area contributed by atoms with Crippen molar-refractivity contribution in [2.24, 2.45) is 5.73 Å². The van der Waals surface area contributed by atoms with Gasteiger partial charge in [-0.2, -0.15) is 13.2 Å². The Morgan fingerprint density at radius 2 is 1.90 bits per heavy atom. The summed E-state index contributed by atoms with van der Waals surface area (Å²) in [5.41, 5.74) is 3.88. The number of anilines is 2. The van der Waals surface area contributed by atoms with Gasteiger partial charge in [0, 0.05) is 19.0 Å². The summed E-state index contributed by atoms with van der Waals surface area (Å²) in [6.45, 7) is 1.47. The lowest BCUT2D eigenvalue weighted by Crippen LogP contribution is -2.18. The smallest absolute Gasteiger partial charge is 0.330 e. The molecule has 0 heterocycles. The van der Waals surface area contributed by atoms with Crippen molar-refractivity contribution in [2.75, 3.05) is 17.2 Å². The highest BCUT2D eigenvalue weighted by molar-refractivity contribution is 5.93. The van der Waals surface area contributed by atoms with Crippen LogP contribution in [0, 0.1) is 0 Å². The van der Waals surface area contributed by atoms with Gasteiger partial charge in [-0.05, 0) is 31.2 Å². The third-order valence-electron chi connectivity index (χ3n) is 2.53. The van der Waals surface area contributed by atoms with Gasteiger partial charge in [-0.3, -0.25) is 9.59 Å². The topological polar surface area (TPSA) is 84.2 Å². The molecule has 0 fully saturated rings. The number of benzene rings is 1. The maximum atomic E-state index is 13.0. The molecule has 0 aromatic heterocycles. The van der Waals surface area contributed by atoms with E-state index in [1.54, 1.807) is 0 Å². The summed E-state index contributed by atoms with van der Waals surface area (Å²) >= 11 is 0. The Hall–Kier alpha value is -2.09. The first-order valence-electron chi connectivity index (χ1n) is 6.23. The number of carbonyl (C=O) groups is 2. The molecule has 1 aromatic rings. The van der Waals surface area contributed by atoms with E-state index >= 15 is 0 Å². The van der Waals surface area contributed by atoms with Crippen LogP contribution in [0.2, 0.25) is 0 Å². The zero-order valence-corrected chi connectivity index (χ0v) is 11.4. The number of alkyl halides is 3. The zero-order chi connectivity index (χ0) is 16.0. The van der Waals surface area contributed by atoms with E-state index < -0.39 is 23.6 Å². The first-order valence-corrected chi connectivity index (χ1v) is 6.23. The largest absolute Gasteiger partial charge is 0.418 e. The summed E-state index contributed by atoms with van der Waals surface area (Å²) < 4.78 is 39.0. The molecule has 0 aliphatic heterocycles. The van der Waals surface area contributed by atoms with E-state index in [0.717, 1.165) is 12.1 Å². The average Bonchev–Trinajstić information content (AvgIpc) is 2.36. The Kier molecular flexibility index (Phi) is 5.71. The highest BCUT2D eigenvalue weighted by atomic mass is 19.4. The number of nitrogens with one attached hydrogen (secondary N) is 2. The number of rotatable bonds is 5. The van der Waals surface area contributed by atoms with Crippen molar-refractivity contribution >= 4 is 23.2 Å². The Balaban J connectivity index is 3.02. The minimum Gasteiger partial charge on any atom is -0.330 e. The zero-order valence-electron chi connectivity index (χ0n) is 11.4. The van der Waals surface area contributed by atoms with Gasteiger partial charge in [0.1, 0.15) is 0 Å². The molecular formula is C13H16F3N3O2. The molecule has 21 heavy (non-hydrogen) atoms. The van der Waals surface area contributed by atoms with Crippen molar-refractivity contribution in [3.63, 3.8) is 0 Å². The first kappa shape index (κ1) is 17.0. The average molecular weight is 303 g/mol. The van der Waals surface area contributed by atoms with Crippen LogP contribution < -0.4 is 16.4 Å². The quantitative estimate of drug-likeness (QED) is 0.780. The molecular weight excluding hydrogens is 287 g/mol. The van der Waals surface area contributed by atoms with Gasteiger partial charge in [0.15, 0.2) is 0 Å². The van der Waals surface area contributed by atoms with Crippen molar-refractivity contribution in [2.45, 2.75) is 25.9 Å². The molecule has 5 nitrogen and oxygen atoms in total. The molecule has 4 N–H and O–H groups in total. The molecule has 0 radical (unpaired) electrons. The van der Waals surface area contributed by atoms with Crippen LogP contribution in [0.1, 0.15) is 25.3 Å². The van der Waals surface area contributed by atoms with Gasteiger partial charge in [-0.25, -0.2) is 0 Å². The van der Waals surface area contributed by atoms with Crippen molar-refractivity contribution in [1.29, 1.82) is 0 Å². The van der Waals surface area contributed by atoms with Crippen molar-refractivity contribution in [1.82, 2.24) is 0 Å². The Morgan fingerprint density at radius 1 is 1.24 bits per heavy atom. The predicted molar refractivity (Wildman–Crippen MR) is 72.7 cm³/mol. The summed E-state index contributed by atoms with van der Waals surface area (Å²) in [5, 5.41) is 4.47. The van der Waals surface area contributed by atoms with Crippen LogP contribution in [0.25, 0.3) is 0 Å². The number of amides is 2. The van der Waals surface area contributed by atoms with Crippen molar-refractivity contribution < 1.29 is 22.8 Å². The van der Waals surface area contributed by atoms with Gasteiger partial charge in [0.25, 0.3) is 0 Å². The molecule has 0 spiro atoms. The minimum atomic E-state index is -4.65. The molecule has 8 heteroatoms. The normalized spacial score (nSPS) is 11.1. The van der Waals surface area contributed by atoms with Gasteiger partial charge in [-0.1, -0.05) is 0 Å². The highest BCUT2D eigenvalue weighted by Gasteiger charge is 2.34. The van der Waals surface area contributed by atoms with E-state index in [1.807, 2.05) is 0 Å². The molecule has 1 aromatic carbocycles. The highest BCUT2D eigenvalue weighted by Crippen LogP contribution is 2.36. The molecule has 116 valence electrons. The summed E-state index contributed by atoms with van der Waals surface area (Å²) in [4.78, 5) is 22.4. The standard InChI is InChI=1S/C13H16F3N3O2/c1-8(20)18-9-4-5-11(10(7-9)13(14,15)16)19-12(21)3-2-6-17/h4-5,7H,2-3,6,17H2,1H3,(H,18,20)(H,19,21). The van der Waals surface area contributed by atoms with Gasteiger partial charge in [0.2, 0.25) is 11.8 Å². The van der Waals surface area contributed by atoms with Crippen LogP contribution in [-0.4, -0.2) is 18.4 Å². The summed E-state index contributed by atoms with van der Waals surface area (Å²) in [6, 6.07) is 3.17. The number of halogens is 3. The molecule has 0 aliphatic rings. The summed E-state index contributed by atoms with van der Waals surface area (Å²) in [6.07, 6.45) is -4.22. The van der Waals surface area contributed by atoms with E-state index in [9.17, 15) is 22.8 Å². The van der Waals surface area contributed by atoms with E-state index in [-0.39, 0.29) is 24.3 Å². The summed E-state index contributed by atoms with van der Waals surface area (Å²) in [5.74, 6) is -1.03. The Bertz CT molecular complexity index is 530. The van der Waals surface area contributed by atoms with Crippen LogP contribution in [0.5, 0.6) is 0 Å². The fourth-order valence-corrected chi connectivity index (χ4v) is 1.64. The molecule has 2 amide bonds. The van der Waals surface area contributed by atoms with E-state index in [1.165, 1.54) is 13.0 Å². The second-order valence-corrected chi connectivity index (χ2v) is 4.38. The monoisotopic (exact) mass is 303 g/mol. The third-order valence-corrected chi connectivity index (χ3v) is 2.53. The molecule has 0 saturated carbocycles. The van der Waals surface area contributed by atoms with Crippen molar-refractivity contribution in [3.8, 4) is 0 Å². The first-order chi connectivity index (χ1) is 9.74.